The first-order chi connectivity index (χ1) is 22.2. The minimum Gasteiger partial charge on any atom is -0.465 e. The average molecular weight is 623 g/mol. The molecule has 2 heterocycles. The number of fused-ring (bicyclic) bond motifs is 1. The molecule has 46 heavy (non-hydrogen) atoms. The van der Waals surface area contributed by atoms with Crippen LogP contribution in [0.15, 0.2) is 60.8 Å². The summed E-state index contributed by atoms with van der Waals surface area (Å²) in [5, 5.41) is 18.3. The molecule has 0 bridgehead atoms. The monoisotopic (exact) mass is 622 g/mol. The molecule has 12 heteroatoms. The van der Waals surface area contributed by atoms with E-state index in [-0.39, 0.29) is 46.7 Å². The van der Waals surface area contributed by atoms with E-state index in [1.54, 1.807) is 22.8 Å². The molecule has 0 N–H and O–H groups in total. The van der Waals surface area contributed by atoms with Gasteiger partial charge in [0.15, 0.2) is 5.82 Å². The lowest BCUT2D eigenvalue weighted by atomic mass is 10.0. The molecule has 0 unspecified atom stereocenters. The largest absolute Gasteiger partial charge is 0.465 e. The zero-order chi connectivity index (χ0) is 32.4. The molecular formula is C34H25F3N6O3. The number of halogens is 3. The third kappa shape index (κ3) is 6.10. The van der Waals surface area contributed by atoms with Crippen LogP contribution in [-0.2, 0) is 24.3 Å². The first kappa shape index (κ1) is 30.3. The molecule has 1 aliphatic carbocycles. The van der Waals surface area contributed by atoms with Crippen molar-refractivity contribution in [3.05, 3.63) is 106 Å². The summed E-state index contributed by atoms with van der Waals surface area (Å²) in [5.41, 5.74) is 1.64. The lowest BCUT2D eigenvalue weighted by Gasteiger charge is -2.16. The number of carbonyl (C=O) groups is 1. The Morgan fingerprint density at radius 3 is 2.46 bits per heavy atom. The van der Waals surface area contributed by atoms with Crippen molar-refractivity contribution < 1.29 is 27.4 Å². The van der Waals surface area contributed by atoms with Crippen LogP contribution in [-0.4, -0.2) is 32.6 Å². The smallest absolute Gasteiger partial charge is 0.338 e. The highest BCUT2D eigenvalue weighted by Crippen LogP contribution is 2.50. The van der Waals surface area contributed by atoms with Crippen LogP contribution in [0.25, 0.3) is 22.3 Å². The molecule has 230 valence electrons. The number of ether oxygens (including phenoxy) is 2. The zero-order valence-electron chi connectivity index (χ0n) is 24.6. The van der Waals surface area contributed by atoms with Gasteiger partial charge in [-0.3, -0.25) is 0 Å². The SMILES string of the molecule is COC(=O)c1cc(F)c2nc(Cc3ccc(-c4ccnc(OCc5ccc(C#N)cc5F)n4)cc3F)n(CC3(CC#N)CC3)c2c1. The van der Waals surface area contributed by atoms with Crippen LogP contribution in [0.1, 0.15) is 52.1 Å². The molecule has 3 aromatic carbocycles. The van der Waals surface area contributed by atoms with Gasteiger partial charge in [0.25, 0.3) is 0 Å². The molecule has 0 atom stereocenters. The average Bonchev–Trinajstić information content (AvgIpc) is 3.74. The van der Waals surface area contributed by atoms with Crippen molar-refractivity contribution in [3.63, 3.8) is 0 Å². The van der Waals surface area contributed by atoms with Gasteiger partial charge in [0.2, 0.25) is 0 Å². The molecule has 0 spiro atoms. The van der Waals surface area contributed by atoms with Crippen LogP contribution in [0.5, 0.6) is 6.01 Å². The van der Waals surface area contributed by atoms with Gasteiger partial charge in [0, 0.05) is 42.1 Å². The molecule has 6 rings (SSSR count). The summed E-state index contributed by atoms with van der Waals surface area (Å²) >= 11 is 0. The Hall–Kier alpha value is -5.75. The highest BCUT2D eigenvalue weighted by Gasteiger charge is 2.43. The molecular weight excluding hydrogens is 597 g/mol. The first-order valence-corrected chi connectivity index (χ1v) is 14.3. The van der Waals surface area contributed by atoms with Crippen LogP contribution in [0.4, 0.5) is 13.2 Å². The Morgan fingerprint density at radius 2 is 1.76 bits per heavy atom. The number of hydrogen-bond acceptors (Lipinski definition) is 8. The second-order valence-electron chi connectivity index (χ2n) is 11.2. The maximum Gasteiger partial charge on any atom is 0.338 e. The third-order valence-electron chi connectivity index (χ3n) is 8.08. The van der Waals surface area contributed by atoms with Gasteiger partial charge in [-0.1, -0.05) is 18.2 Å². The van der Waals surface area contributed by atoms with E-state index in [1.165, 1.54) is 37.6 Å². The maximum absolute atomic E-state index is 15.6. The third-order valence-corrected chi connectivity index (χ3v) is 8.08. The van der Waals surface area contributed by atoms with Crippen LogP contribution in [0.3, 0.4) is 0 Å². The van der Waals surface area contributed by atoms with Crippen LogP contribution in [0.2, 0.25) is 0 Å². The molecule has 2 aromatic heterocycles. The van der Waals surface area contributed by atoms with E-state index in [0.29, 0.717) is 41.1 Å². The van der Waals surface area contributed by atoms with Gasteiger partial charge < -0.3 is 14.0 Å². The van der Waals surface area contributed by atoms with Gasteiger partial charge in [-0.2, -0.15) is 15.5 Å². The fourth-order valence-corrected chi connectivity index (χ4v) is 5.31. The number of carbonyl (C=O) groups excluding carboxylic acids is 1. The summed E-state index contributed by atoms with van der Waals surface area (Å²) in [5.74, 6) is -2.16. The number of nitriles is 2. The second-order valence-corrected chi connectivity index (χ2v) is 11.2. The number of hydrogen-bond donors (Lipinski definition) is 0. The first-order valence-electron chi connectivity index (χ1n) is 14.3. The summed E-state index contributed by atoms with van der Waals surface area (Å²) < 4.78 is 57.1. The van der Waals surface area contributed by atoms with Crippen LogP contribution in [0, 0.1) is 45.5 Å². The summed E-state index contributed by atoms with van der Waals surface area (Å²) in [6.45, 7) is 0.193. The van der Waals surface area contributed by atoms with Gasteiger partial charge in [-0.25, -0.2) is 27.9 Å². The minimum atomic E-state index is -0.706. The Morgan fingerprint density at radius 1 is 0.978 bits per heavy atom. The highest BCUT2D eigenvalue weighted by molar-refractivity contribution is 5.94. The normalized spacial score (nSPS) is 13.2. The second kappa shape index (κ2) is 12.3. The number of aromatic nitrogens is 4. The van der Waals surface area contributed by atoms with E-state index in [9.17, 15) is 14.4 Å². The predicted molar refractivity (Wildman–Crippen MR) is 159 cm³/mol. The zero-order valence-corrected chi connectivity index (χ0v) is 24.6. The summed E-state index contributed by atoms with van der Waals surface area (Å²) in [7, 11) is 1.21. The number of esters is 1. The van der Waals surface area contributed by atoms with Crippen molar-refractivity contribution in [2.24, 2.45) is 5.41 Å². The van der Waals surface area contributed by atoms with Gasteiger partial charge in [0.05, 0.1) is 41.6 Å². The number of imidazole rings is 1. The molecule has 1 aliphatic rings. The van der Waals surface area contributed by atoms with Crippen molar-refractivity contribution >= 4 is 17.0 Å². The number of rotatable bonds is 10. The van der Waals surface area contributed by atoms with E-state index in [2.05, 4.69) is 21.0 Å². The summed E-state index contributed by atoms with van der Waals surface area (Å²) in [4.78, 5) is 25.1. The molecule has 0 saturated heterocycles. The summed E-state index contributed by atoms with van der Waals surface area (Å²) in [6, 6.07) is 16.8. The number of methoxy groups -OCH3 is 1. The molecule has 9 nitrogen and oxygen atoms in total. The molecule has 5 aromatic rings. The lowest BCUT2D eigenvalue weighted by molar-refractivity contribution is 0.0600. The van der Waals surface area contributed by atoms with Gasteiger partial charge in [-0.05, 0) is 54.8 Å². The van der Waals surface area contributed by atoms with E-state index >= 15 is 8.78 Å². The van der Waals surface area contributed by atoms with Crippen molar-refractivity contribution in [1.29, 1.82) is 10.5 Å². The van der Waals surface area contributed by atoms with Crippen molar-refractivity contribution in [1.82, 2.24) is 19.5 Å². The molecule has 1 saturated carbocycles. The fraction of sp³-hybridized carbons (Fsp3) is 0.235. The fourth-order valence-electron chi connectivity index (χ4n) is 5.31. The molecule has 0 radical (unpaired) electrons. The van der Waals surface area contributed by atoms with E-state index in [4.69, 9.17) is 14.7 Å². The van der Waals surface area contributed by atoms with E-state index in [1.807, 2.05) is 6.07 Å². The van der Waals surface area contributed by atoms with Gasteiger partial charge in [-0.15, -0.1) is 0 Å². The maximum atomic E-state index is 15.6. The van der Waals surface area contributed by atoms with E-state index < -0.39 is 23.4 Å². The standard InChI is InChI=1S/C34H25F3N6O3/c1-45-32(44)24-14-27(37)31-29(15-24)43(19-34(7-8-34)9-10-38)30(42-31)16-21-4-5-22(13-26(21)36)28-6-11-40-33(41-28)46-18-23-3-2-20(17-39)12-25(23)35/h2-6,11-15H,7-9,16,18-19H2,1H3. The Labute approximate surface area is 261 Å². The van der Waals surface area contributed by atoms with Crippen LogP contribution < -0.4 is 4.74 Å². The lowest BCUT2D eigenvalue weighted by Crippen LogP contribution is -2.15. The summed E-state index contributed by atoms with van der Waals surface area (Å²) in [6.07, 6.45) is 3.39. The molecule has 1 fully saturated rings. The number of benzene rings is 3. The molecule has 0 amide bonds. The van der Waals surface area contributed by atoms with Crippen molar-refractivity contribution in [2.45, 2.75) is 38.8 Å². The van der Waals surface area contributed by atoms with Gasteiger partial charge >= 0.3 is 12.0 Å². The van der Waals surface area contributed by atoms with Gasteiger partial charge in [0.1, 0.15) is 29.6 Å². The Kier molecular flexibility index (Phi) is 8.12. The van der Waals surface area contributed by atoms with Crippen molar-refractivity contribution in [3.8, 4) is 29.4 Å². The predicted octanol–water partition coefficient (Wildman–Crippen LogP) is 6.43. The Balaban J connectivity index is 1.27. The minimum absolute atomic E-state index is 0.0186. The van der Waals surface area contributed by atoms with Crippen molar-refractivity contribution in [2.75, 3.05) is 7.11 Å². The quantitative estimate of drug-likeness (QED) is 0.163. The highest BCUT2D eigenvalue weighted by atomic mass is 19.1. The topological polar surface area (TPSA) is 127 Å². The Bertz CT molecular complexity index is 2080. The van der Waals surface area contributed by atoms with Crippen LogP contribution >= 0.6 is 0 Å². The number of nitrogens with zero attached hydrogens (tertiary/aromatic N) is 6. The molecule has 0 aliphatic heterocycles. The van der Waals surface area contributed by atoms with E-state index in [0.717, 1.165) is 25.0 Å².